The van der Waals surface area contributed by atoms with Crippen LogP contribution in [0.5, 0.6) is 0 Å². The Labute approximate surface area is 155 Å². The van der Waals surface area contributed by atoms with Crippen LogP contribution in [0.15, 0.2) is 65.4 Å². The summed E-state index contributed by atoms with van der Waals surface area (Å²) in [6, 6.07) is 14.4. The molecule has 5 heteroatoms. The molecule has 2 aromatic rings. The van der Waals surface area contributed by atoms with Gasteiger partial charge in [0.05, 0.1) is 6.07 Å². The molecule has 0 saturated heterocycles. The fraction of sp³-hybridized carbons (Fsp3) is 0.182. The van der Waals surface area contributed by atoms with Gasteiger partial charge in [0.1, 0.15) is 23.3 Å². The number of hydrogen-bond donors (Lipinski definition) is 1. The molecule has 2 aromatic carbocycles. The summed E-state index contributed by atoms with van der Waals surface area (Å²) in [7, 11) is 0. The molecular formula is C22H16F2N2O. The average molecular weight is 362 g/mol. The second-order valence-corrected chi connectivity index (χ2v) is 6.68. The second-order valence-electron chi connectivity index (χ2n) is 6.68. The van der Waals surface area contributed by atoms with Crippen LogP contribution in [0, 0.1) is 34.3 Å². The summed E-state index contributed by atoms with van der Waals surface area (Å²) in [5, 5.41) is 17.8. The zero-order valence-electron chi connectivity index (χ0n) is 14.4. The van der Waals surface area contributed by atoms with Crippen molar-refractivity contribution in [1.29, 1.82) is 10.7 Å². The normalized spacial score (nSPS) is 23.1. The van der Waals surface area contributed by atoms with Crippen molar-refractivity contribution in [2.24, 2.45) is 5.92 Å². The first-order chi connectivity index (χ1) is 13.1. The maximum Gasteiger partial charge on any atom is 0.205 e. The number of nitrogens with one attached hydrogen (secondary N) is 1. The molecular weight excluding hydrogens is 346 g/mol. The van der Waals surface area contributed by atoms with Gasteiger partial charge in [0, 0.05) is 5.92 Å². The minimum atomic E-state index is -0.737. The zero-order chi connectivity index (χ0) is 19.0. The van der Waals surface area contributed by atoms with Crippen molar-refractivity contribution < 1.29 is 13.5 Å². The molecule has 1 aliphatic carbocycles. The third-order valence-electron chi connectivity index (χ3n) is 5.03. The number of halogens is 2. The fourth-order valence-corrected chi connectivity index (χ4v) is 3.75. The average Bonchev–Trinajstić information content (AvgIpc) is 3.05. The Bertz CT molecular complexity index is 998. The number of nitriles is 1. The highest BCUT2D eigenvalue weighted by Gasteiger charge is 2.41. The van der Waals surface area contributed by atoms with Gasteiger partial charge in [-0.25, -0.2) is 8.78 Å². The van der Waals surface area contributed by atoms with E-state index in [4.69, 9.17) is 10.1 Å². The lowest BCUT2D eigenvalue weighted by molar-refractivity contribution is 0.359. The lowest BCUT2D eigenvalue weighted by Crippen LogP contribution is -2.28. The van der Waals surface area contributed by atoms with E-state index in [9.17, 15) is 14.0 Å². The molecule has 0 bridgehead atoms. The van der Waals surface area contributed by atoms with Crippen molar-refractivity contribution in [2.75, 3.05) is 0 Å². The Morgan fingerprint density at radius 1 is 1.00 bits per heavy atom. The highest BCUT2D eigenvalue weighted by atomic mass is 19.1. The van der Waals surface area contributed by atoms with Crippen molar-refractivity contribution in [2.45, 2.75) is 18.8 Å². The number of nitrogens with zero attached hydrogens (tertiary/aromatic N) is 1. The maximum atomic E-state index is 13.3. The van der Waals surface area contributed by atoms with Crippen LogP contribution in [0.25, 0.3) is 6.08 Å². The molecule has 0 radical (unpaired) electrons. The molecule has 0 amide bonds. The van der Waals surface area contributed by atoms with Crippen LogP contribution in [0.2, 0.25) is 0 Å². The topological polar surface area (TPSA) is 56.9 Å². The van der Waals surface area contributed by atoms with Crippen LogP contribution in [-0.2, 0) is 4.74 Å². The molecule has 1 N–H and O–H groups in total. The molecule has 134 valence electrons. The highest BCUT2D eigenvalue weighted by Crippen LogP contribution is 2.48. The molecule has 1 heterocycles. The maximum absolute atomic E-state index is 13.3. The van der Waals surface area contributed by atoms with Crippen molar-refractivity contribution in [3.63, 3.8) is 0 Å². The Hall–Kier alpha value is -3.26. The van der Waals surface area contributed by atoms with Crippen LogP contribution < -0.4 is 0 Å². The van der Waals surface area contributed by atoms with E-state index >= 15 is 0 Å². The summed E-state index contributed by atoms with van der Waals surface area (Å²) in [5.41, 5.74) is 3.52. The van der Waals surface area contributed by atoms with Crippen LogP contribution in [-0.4, -0.2) is 5.90 Å². The smallest absolute Gasteiger partial charge is 0.205 e. The number of hydrogen-bond acceptors (Lipinski definition) is 3. The SMILES string of the molecule is N#CC1C(=N)OC2=C(CC/C2=C\c2ccc(F)cc2)C1c1ccc(F)cc1. The molecule has 0 spiro atoms. The minimum Gasteiger partial charge on any atom is -0.442 e. The first kappa shape index (κ1) is 17.2. The molecule has 3 nitrogen and oxygen atoms in total. The molecule has 2 aliphatic rings. The van der Waals surface area contributed by atoms with E-state index < -0.39 is 5.92 Å². The van der Waals surface area contributed by atoms with E-state index in [1.165, 1.54) is 24.3 Å². The molecule has 2 atom stereocenters. The van der Waals surface area contributed by atoms with Crippen LogP contribution in [0.1, 0.15) is 29.9 Å². The standard InChI is InChI=1S/C22H16F2N2O/c23-16-6-1-13(2-7-16)11-15-5-10-18-20(14-3-8-17(24)9-4-14)19(12-25)22(26)27-21(15)18/h1-4,6-9,11,19-20,26H,5,10H2/b15-11+,26-22?. The summed E-state index contributed by atoms with van der Waals surface area (Å²) in [5.74, 6) is -1.19. The van der Waals surface area contributed by atoms with Gasteiger partial charge in [0.25, 0.3) is 0 Å². The third-order valence-corrected chi connectivity index (χ3v) is 5.03. The van der Waals surface area contributed by atoms with Gasteiger partial charge < -0.3 is 4.74 Å². The number of rotatable bonds is 2. The Balaban J connectivity index is 1.78. The van der Waals surface area contributed by atoms with Crippen molar-refractivity contribution >= 4 is 12.0 Å². The molecule has 27 heavy (non-hydrogen) atoms. The molecule has 1 aliphatic heterocycles. The lowest BCUT2D eigenvalue weighted by Gasteiger charge is -2.30. The Morgan fingerprint density at radius 3 is 2.26 bits per heavy atom. The number of benzene rings is 2. The van der Waals surface area contributed by atoms with Gasteiger partial charge in [-0.1, -0.05) is 24.3 Å². The van der Waals surface area contributed by atoms with Crippen LogP contribution >= 0.6 is 0 Å². The third kappa shape index (κ3) is 3.15. The first-order valence-corrected chi connectivity index (χ1v) is 8.68. The molecule has 0 fully saturated rings. The summed E-state index contributed by atoms with van der Waals surface area (Å²) < 4.78 is 32.2. The summed E-state index contributed by atoms with van der Waals surface area (Å²) in [6.45, 7) is 0. The van der Waals surface area contributed by atoms with E-state index in [0.717, 1.165) is 22.3 Å². The summed E-state index contributed by atoms with van der Waals surface area (Å²) in [4.78, 5) is 0. The lowest BCUT2D eigenvalue weighted by atomic mass is 9.79. The predicted octanol–water partition coefficient (Wildman–Crippen LogP) is 5.33. The fourth-order valence-electron chi connectivity index (χ4n) is 3.75. The molecule has 0 saturated carbocycles. The van der Waals surface area contributed by atoms with Gasteiger partial charge in [0.15, 0.2) is 0 Å². The second kappa shape index (κ2) is 6.81. The van der Waals surface area contributed by atoms with E-state index in [1.807, 2.05) is 6.08 Å². The van der Waals surface area contributed by atoms with Gasteiger partial charge in [-0.05, 0) is 65.5 Å². The van der Waals surface area contributed by atoms with Gasteiger partial charge in [-0.2, -0.15) is 5.26 Å². The molecule has 0 aromatic heterocycles. The Kier molecular flexibility index (Phi) is 4.33. The van der Waals surface area contributed by atoms with Crippen LogP contribution in [0.3, 0.4) is 0 Å². The van der Waals surface area contributed by atoms with Crippen molar-refractivity contribution in [1.82, 2.24) is 0 Å². The summed E-state index contributed by atoms with van der Waals surface area (Å²) in [6.07, 6.45) is 3.34. The number of ether oxygens (including phenoxy) is 1. The van der Waals surface area contributed by atoms with Crippen molar-refractivity contribution in [3.8, 4) is 6.07 Å². The molecule has 4 rings (SSSR count). The number of allylic oxidation sites excluding steroid dienone is 2. The van der Waals surface area contributed by atoms with E-state index in [-0.39, 0.29) is 23.5 Å². The van der Waals surface area contributed by atoms with Crippen LogP contribution in [0.4, 0.5) is 8.78 Å². The van der Waals surface area contributed by atoms with Gasteiger partial charge in [-0.3, -0.25) is 5.41 Å². The van der Waals surface area contributed by atoms with E-state index in [0.29, 0.717) is 18.6 Å². The van der Waals surface area contributed by atoms with Crippen molar-refractivity contribution in [3.05, 3.63) is 88.2 Å². The predicted molar refractivity (Wildman–Crippen MR) is 97.7 cm³/mol. The quantitative estimate of drug-likeness (QED) is 0.785. The Morgan fingerprint density at radius 2 is 1.63 bits per heavy atom. The largest absolute Gasteiger partial charge is 0.442 e. The highest BCUT2D eigenvalue weighted by molar-refractivity contribution is 5.84. The zero-order valence-corrected chi connectivity index (χ0v) is 14.4. The monoisotopic (exact) mass is 362 g/mol. The van der Waals surface area contributed by atoms with Gasteiger partial charge >= 0.3 is 0 Å². The minimum absolute atomic E-state index is 0.0996. The van der Waals surface area contributed by atoms with E-state index in [1.54, 1.807) is 24.3 Å². The van der Waals surface area contributed by atoms with Gasteiger partial charge in [-0.15, -0.1) is 0 Å². The van der Waals surface area contributed by atoms with E-state index in [2.05, 4.69) is 6.07 Å². The molecule has 2 unspecified atom stereocenters. The first-order valence-electron chi connectivity index (χ1n) is 8.68. The van der Waals surface area contributed by atoms with Gasteiger partial charge in [0.2, 0.25) is 5.90 Å². The summed E-state index contributed by atoms with van der Waals surface area (Å²) >= 11 is 0.